The number of benzene rings is 1. The molecule has 0 aliphatic heterocycles. The average Bonchev–Trinajstić information content (AvgIpc) is 2.45. The molecule has 0 unspecified atom stereocenters. The summed E-state index contributed by atoms with van der Waals surface area (Å²) in [5.74, 6) is -2.09. The number of carbonyl (C=O) groups is 1. The minimum absolute atomic E-state index is 0.125. The standard InChI is InChI=1S/C14H9F4NO2/c1-21-11-3-2-6-19-12(11)13(20)8-4-5-10(15)9(7-8)14(16,17)18/h2-7H,1H3. The molecular formula is C14H9F4NO2. The second kappa shape index (κ2) is 5.51. The molecule has 0 N–H and O–H groups in total. The van der Waals surface area contributed by atoms with Gasteiger partial charge < -0.3 is 4.74 Å². The number of hydrogen-bond acceptors (Lipinski definition) is 3. The second-order valence-electron chi connectivity index (χ2n) is 4.08. The van der Waals surface area contributed by atoms with E-state index in [1.807, 2.05) is 0 Å². The molecule has 0 aliphatic rings. The molecule has 0 spiro atoms. The van der Waals surface area contributed by atoms with Gasteiger partial charge in [0.15, 0.2) is 5.69 Å². The Hall–Kier alpha value is -2.44. The lowest BCUT2D eigenvalue weighted by atomic mass is 10.0. The van der Waals surface area contributed by atoms with E-state index < -0.39 is 23.3 Å². The molecule has 1 heterocycles. The number of methoxy groups -OCH3 is 1. The van der Waals surface area contributed by atoms with Crippen molar-refractivity contribution in [1.29, 1.82) is 0 Å². The van der Waals surface area contributed by atoms with Crippen molar-refractivity contribution in [2.45, 2.75) is 6.18 Å². The fourth-order valence-electron chi connectivity index (χ4n) is 1.75. The van der Waals surface area contributed by atoms with Crippen LogP contribution in [0.4, 0.5) is 17.6 Å². The molecule has 7 heteroatoms. The summed E-state index contributed by atoms with van der Waals surface area (Å²) in [7, 11) is 1.31. The number of pyridine rings is 1. The Labute approximate surface area is 117 Å². The average molecular weight is 299 g/mol. The normalized spacial score (nSPS) is 11.3. The molecular weight excluding hydrogens is 290 g/mol. The molecule has 2 rings (SSSR count). The maximum atomic E-state index is 13.2. The van der Waals surface area contributed by atoms with Crippen LogP contribution in [0.5, 0.6) is 5.75 Å². The topological polar surface area (TPSA) is 39.2 Å². The van der Waals surface area contributed by atoms with Crippen LogP contribution < -0.4 is 4.74 Å². The van der Waals surface area contributed by atoms with Gasteiger partial charge in [0.25, 0.3) is 0 Å². The zero-order valence-electron chi connectivity index (χ0n) is 10.7. The quantitative estimate of drug-likeness (QED) is 0.643. The van der Waals surface area contributed by atoms with Crippen molar-refractivity contribution in [3.63, 3.8) is 0 Å². The van der Waals surface area contributed by atoms with E-state index in [0.717, 1.165) is 6.07 Å². The first-order valence-corrected chi connectivity index (χ1v) is 5.75. The summed E-state index contributed by atoms with van der Waals surface area (Å²) in [6, 6.07) is 5.01. The third-order valence-electron chi connectivity index (χ3n) is 2.74. The van der Waals surface area contributed by atoms with Gasteiger partial charge in [-0.25, -0.2) is 9.37 Å². The zero-order valence-corrected chi connectivity index (χ0v) is 10.7. The number of alkyl halides is 3. The number of rotatable bonds is 3. The van der Waals surface area contributed by atoms with Gasteiger partial charge >= 0.3 is 6.18 Å². The summed E-state index contributed by atoms with van der Waals surface area (Å²) in [5, 5.41) is 0. The van der Waals surface area contributed by atoms with E-state index in [1.54, 1.807) is 0 Å². The molecule has 1 aromatic carbocycles. The summed E-state index contributed by atoms with van der Waals surface area (Å²) in [4.78, 5) is 16.0. The highest BCUT2D eigenvalue weighted by Gasteiger charge is 2.35. The predicted molar refractivity (Wildman–Crippen MR) is 65.6 cm³/mol. The van der Waals surface area contributed by atoms with Crippen LogP contribution in [0.2, 0.25) is 0 Å². The minimum atomic E-state index is -4.88. The summed E-state index contributed by atoms with van der Waals surface area (Å²) in [6.07, 6.45) is -3.57. The third-order valence-corrected chi connectivity index (χ3v) is 2.74. The van der Waals surface area contributed by atoms with Gasteiger partial charge in [-0.3, -0.25) is 4.79 Å². The second-order valence-corrected chi connectivity index (χ2v) is 4.08. The largest absolute Gasteiger partial charge is 0.494 e. The number of halogens is 4. The van der Waals surface area contributed by atoms with Gasteiger partial charge in [0.05, 0.1) is 12.7 Å². The van der Waals surface area contributed by atoms with Crippen LogP contribution in [0.3, 0.4) is 0 Å². The highest BCUT2D eigenvalue weighted by molar-refractivity contribution is 6.09. The molecule has 2 aromatic rings. The maximum absolute atomic E-state index is 13.2. The molecule has 21 heavy (non-hydrogen) atoms. The SMILES string of the molecule is COc1cccnc1C(=O)c1ccc(F)c(C(F)(F)F)c1. The molecule has 0 atom stereocenters. The van der Waals surface area contributed by atoms with Crippen molar-refractivity contribution in [3.05, 3.63) is 59.2 Å². The fourth-order valence-corrected chi connectivity index (χ4v) is 1.75. The van der Waals surface area contributed by atoms with Crippen molar-refractivity contribution in [2.75, 3.05) is 7.11 Å². The van der Waals surface area contributed by atoms with E-state index in [-0.39, 0.29) is 17.0 Å². The molecule has 110 valence electrons. The lowest BCUT2D eigenvalue weighted by molar-refractivity contribution is -0.140. The number of ether oxygens (including phenoxy) is 1. The van der Waals surface area contributed by atoms with Gasteiger partial charge in [-0.15, -0.1) is 0 Å². The molecule has 0 fully saturated rings. The number of hydrogen-bond donors (Lipinski definition) is 0. The first kappa shape index (κ1) is 15.0. The number of nitrogens with zero attached hydrogens (tertiary/aromatic N) is 1. The van der Waals surface area contributed by atoms with Crippen LogP contribution >= 0.6 is 0 Å². The first-order valence-electron chi connectivity index (χ1n) is 5.75. The van der Waals surface area contributed by atoms with Gasteiger partial charge in [-0.05, 0) is 30.3 Å². The van der Waals surface area contributed by atoms with Crippen LogP contribution in [-0.4, -0.2) is 17.9 Å². The molecule has 0 bridgehead atoms. The lowest BCUT2D eigenvalue weighted by Gasteiger charge is -2.10. The summed E-state index contributed by atoms with van der Waals surface area (Å²) >= 11 is 0. The number of carbonyl (C=O) groups excluding carboxylic acids is 1. The Bertz CT molecular complexity index is 683. The summed E-state index contributed by atoms with van der Waals surface area (Å²) < 4.78 is 56.1. The molecule has 0 saturated carbocycles. The van der Waals surface area contributed by atoms with Gasteiger partial charge in [0.1, 0.15) is 11.6 Å². The van der Waals surface area contributed by atoms with Gasteiger partial charge in [0, 0.05) is 11.8 Å². The highest BCUT2D eigenvalue weighted by Crippen LogP contribution is 2.32. The Kier molecular flexibility index (Phi) is 3.93. The van der Waals surface area contributed by atoms with E-state index >= 15 is 0 Å². The van der Waals surface area contributed by atoms with Crippen LogP contribution in [-0.2, 0) is 6.18 Å². The van der Waals surface area contributed by atoms with Crippen molar-refractivity contribution in [1.82, 2.24) is 4.98 Å². The Balaban J connectivity index is 2.50. The summed E-state index contributed by atoms with van der Waals surface area (Å²) in [6.45, 7) is 0. The lowest BCUT2D eigenvalue weighted by Crippen LogP contribution is -2.12. The minimum Gasteiger partial charge on any atom is -0.494 e. The van der Waals surface area contributed by atoms with Crippen molar-refractivity contribution < 1.29 is 27.1 Å². The predicted octanol–water partition coefficient (Wildman–Crippen LogP) is 3.48. The van der Waals surface area contributed by atoms with Crippen molar-refractivity contribution in [3.8, 4) is 5.75 Å². The Morgan fingerprint density at radius 2 is 1.95 bits per heavy atom. The molecule has 0 radical (unpaired) electrons. The Morgan fingerprint density at radius 3 is 2.57 bits per heavy atom. The third kappa shape index (κ3) is 3.01. The van der Waals surface area contributed by atoms with Crippen molar-refractivity contribution in [2.24, 2.45) is 0 Å². The van der Waals surface area contributed by atoms with E-state index in [2.05, 4.69) is 4.98 Å². The van der Waals surface area contributed by atoms with Crippen LogP contribution in [0.15, 0.2) is 36.5 Å². The monoisotopic (exact) mass is 299 g/mol. The van der Waals surface area contributed by atoms with Crippen LogP contribution in [0, 0.1) is 5.82 Å². The van der Waals surface area contributed by atoms with Gasteiger partial charge in [-0.2, -0.15) is 13.2 Å². The molecule has 0 saturated heterocycles. The zero-order chi connectivity index (χ0) is 15.6. The van der Waals surface area contributed by atoms with E-state index in [0.29, 0.717) is 12.1 Å². The van der Waals surface area contributed by atoms with Crippen LogP contribution in [0.25, 0.3) is 0 Å². The number of ketones is 1. The van der Waals surface area contributed by atoms with E-state index in [4.69, 9.17) is 4.74 Å². The van der Waals surface area contributed by atoms with Crippen molar-refractivity contribution >= 4 is 5.78 Å². The number of aromatic nitrogens is 1. The van der Waals surface area contributed by atoms with E-state index in [1.165, 1.54) is 25.4 Å². The molecule has 0 amide bonds. The fraction of sp³-hybridized carbons (Fsp3) is 0.143. The summed E-state index contributed by atoms with van der Waals surface area (Å²) in [5.41, 5.74) is -1.95. The highest BCUT2D eigenvalue weighted by atomic mass is 19.4. The van der Waals surface area contributed by atoms with Gasteiger partial charge in [-0.1, -0.05) is 0 Å². The first-order chi connectivity index (χ1) is 9.84. The molecule has 1 aromatic heterocycles. The maximum Gasteiger partial charge on any atom is 0.419 e. The molecule has 0 aliphatic carbocycles. The van der Waals surface area contributed by atoms with Gasteiger partial charge in [0.2, 0.25) is 5.78 Å². The smallest absolute Gasteiger partial charge is 0.419 e. The van der Waals surface area contributed by atoms with E-state index in [9.17, 15) is 22.4 Å². The van der Waals surface area contributed by atoms with Crippen LogP contribution in [0.1, 0.15) is 21.6 Å². The Morgan fingerprint density at radius 1 is 1.24 bits per heavy atom. The molecule has 3 nitrogen and oxygen atoms in total.